The SMILES string of the molecule is CCOC(=O)c1c(N)nc2c(O)cccc2c1-c1ccccc1C. The number of nitrogen functional groups attached to an aromatic ring is 1. The Labute approximate surface area is 139 Å². The van der Waals surface area contributed by atoms with Gasteiger partial charge < -0.3 is 15.6 Å². The number of phenols is 1. The van der Waals surface area contributed by atoms with Crippen molar-refractivity contribution in [2.45, 2.75) is 13.8 Å². The molecule has 0 aliphatic heterocycles. The van der Waals surface area contributed by atoms with E-state index in [4.69, 9.17) is 10.5 Å². The normalized spacial score (nSPS) is 10.8. The lowest BCUT2D eigenvalue weighted by Gasteiger charge is -2.16. The van der Waals surface area contributed by atoms with Crippen molar-refractivity contribution in [3.63, 3.8) is 0 Å². The number of carbonyl (C=O) groups excluding carboxylic acids is 1. The smallest absolute Gasteiger partial charge is 0.342 e. The molecule has 0 amide bonds. The van der Waals surface area contributed by atoms with E-state index in [9.17, 15) is 9.90 Å². The van der Waals surface area contributed by atoms with Crippen LogP contribution in [0.4, 0.5) is 5.82 Å². The Morgan fingerprint density at radius 2 is 1.96 bits per heavy atom. The first-order valence-corrected chi connectivity index (χ1v) is 7.68. The minimum absolute atomic E-state index is 0.0180. The highest BCUT2D eigenvalue weighted by molar-refractivity contribution is 6.11. The van der Waals surface area contributed by atoms with Gasteiger partial charge in [0.25, 0.3) is 0 Å². The maximum atomic E-state index is 12.5. The van der Waals surface area contributed by atoms with Crippen molar-refractivity contribution in [1.29, 1.82) is 0 Å². The summed E-state index contributed by atoms with van der Waals surface area (Å²) in [5, 5.41) is 10.8. The topological polar surface area (TPSA) is 85.4 Å². The van der Waals surface area contributed by atoms with E-state index in [0.29, 0.717) is 16.5 Å². The zero-order valence-electron chi connectivity index (χ0n) is 13.5. The number of nitrogens with two attached hydrogens (primary N) is 1. The molecule has 0 fully saturated rings. The maximum Gasteiger partial charge on any atom is 0.342 e. The van der Waals surface area contributed by atoms with E-state index in [1.54, 1.807) is 19.1 Å². The molecule has 0 atom stereocenters. The van der Waals surface area contributed by atoms with Gasteiger partial charge in [0, 0.05) is 10.9 Å². The van der Waals surface area contributed by atoms with Crippen molar-refractivity contribution in [2.24, 2.45) is 0 Å². The van der Waals surface area contributed by atoms with Gasteiger partial charge in [-0.25, -0.2) is 9.78 Å². The Balaban J connectivity index is 2.46. The number of anilines is 1. The molecule has 1 heterocycles. The lowest BCUT2D eigenvalue weighted by molar-refractivity contribution is 0.0528. The molecule has 3 rings (SSSR count). The van der Waals surface area contributed by atoms with Gasteiger partial charge in [0.05, 0.1) is 6.61 Å². The van der Waals surface area contributed by atoms with E-state index in [0.717, 1.165) is 11.1 Å². The van der Waals surface area contributed by atoms with Crippen LogP contribution in [-0.2, 0) is 4.74 Å². The van der Waals surface area contributed by atoms with Crippen LogP contribution < -0.4 is 5.73 Å². The van der Waals surface area contributed by atoms with Crippen LogP contribution in [-0.4, -0.2) is 22.7 Å². The van der Waals surface area contributed by atoms with Gasteiger partial charge in [-0.3, -0.25) is 0 Å². The number of para-hydroxylation sites is 1. The molecule has 0 bridgehead atoms. The first kappa shape index (κ1) is 15.8. The molecule has 0 saturated carbocycles. The molecule has 122 valence electrons. The summed E-state index contributed by atoms with van der Waals surface area (Å²) in [5.74, 6) is -0.462. The Morgan fingerprint density at radius 1 is 1.21 bits per heavy atom. The van der Waals surface area contributed by atoms with Crippen molar-refractivity contribution < 1.29 is 14.6 Å². The number of aromatic hydroxyl groups is 1. The van der Waals surface area contributed by atoms with Gasteiger partial charge in [-0.1, -0.05) is 36.4 Å². The molecule has 5 heteroatoms. The number of nitrogens with zero attached hydrogens (tertiary/aromatic N) is 1. The van der Waals surface area contributed by atoms with Gasteiger partial charge in [-0.2, -0.15) is 0 Å². The Bertz CT molecular complexity index is 935. The first-order chi connectivity index (χ1) is 11.5. The number of ether oxygens (including phenoxy) is 1. The summed E-state index contributed by atoms with van der Waals surface area (Å²) >= 11 is 0. The summed E-state index contributed by atoms with van der Waals surface area (Å²) in [6.45, 7) is 3.93. The molecule has 0 aliphatic rings. The summed E-state index contributed by atoms with van der Waals surface area (Å²) in [4.78, 5) is 16.7. The molecule has 0 spiro atoms. The second-order valence-electron chi connectivity index (χ2n) is 5.46. The van der Waals surface area contributed by atoms with Crippen molar-refractivity contribution in [2.75, 3.05) is 12.3 Å². The molecule has 0 radical (unpaired) electrons. The van der Waals surface area contributed by atoms with Gasteiger partial charge >= 0.3 is 5.97 Å². The van der Waals surface area contributed by atoms with Crippen LogP contribution in [0.3, 0.4) is 0 Å². The standard InChI is InChI=1S/C19H18N2O3/c1-3-24-19(23)16-15(12-8-5-4-7-11(12)2)13-9-6-10-14(22)17(13)21-18(16)20/h4-10,22H,3H2,1-2H3,(H2,20,21). The molecular weight excluding hydrogens is 304 g/mol. The van der Waals surface area contributed by atoms with Gasteiger partial charge in [-0.15, -0.1) is 0 Å². The number of pyridine rings is 1. The summed E-state index contributed by atoms with van der Waals surface area (Å²) in [6, 6.07) is 12.8. The van der Waals surface area contributed by atoms with E-state index in [2.05, 4.69) is 4.98 Å². The van der Waals surface area contributed by atoms with Gasteiger partial charge in [0.15, 0.2) is 0 Å². The highest BCUT2D eigenvalue weighted by atomic mass is 16.5. The first-order valence-electron chi connectivity index (χ1n) is 7.68. The molecule has 3 N–H and O–H groups in total. The Hall–Kier alpha value is -3.08. The van der Waals surface area contributed by atoms with Crippen molar-refractivity contribution in [3.05, 3.63) is 53.6 Å². The average molecular weight is 322 g/mol. The number of fused-ring (bicyclic) bond motifs is 1. The molecule has 24 heavy (non-hydrogen) atoms. The minimum Gasteiger partial charge on any atom is -0.506 e. The van der Waals surface area contributed by atoms with E-state index < -0.39 is 5.97 Å². The van der Waals surface area contributed by atoms with Gasteiger partial charge in [0.1, 0.15) is 22.6 Å². The summed E-state index contributed by atoms with van der Waals surface area (Å²) in [7, 11) is 0. The maximum absolute atomic E-state index is 12.5. The summed E-state index contributed by atoms with van der Waals surface area (Å²) < 4.78 is 5.17. The number of aromatic nitrogens is 1. The van der Waals surface area contributed by atoms with E-state index in [-0.39, 0.29) is 23.7 Å². The number of phenolic OH excluding ortho intramolecular Hbond substituents is 1. The summed E-state index contributed by atoms with van der Waals surface area (Å²) in [5.41, 5.74) is 9.11. The highest BCUT2D eigenvalue weighted by Gasteiger charge is 2.23. The minimum atomic E-state index is -0.522. The zero-order chi connectivity index (χ0) is 17.3. The number of rotatable bonds is 3. The number of esters is 1. The summed E-state index contributed by atoms with van der Waals surface area (Å²) in [6.07, 6.45) is 0. The predicted molar refractivity (Wildman–Crippen MR) is 93.9 cm³/mol. The third-order valence-electron chi connectivity index (χ3n) is 3.92. The fourth-order valence-corrected chi connectivity index (χ4v) is 2.83. The van der Waals surface area contributed by atoms with Crippen LogP contribution in [0.2, 0.25) is 0 Å². The number of hydrogen-bond acceptors (Lipinski definition) is 5. The second kappa shape index (κ2) is 6.20. The Kier molecular flexibility index (Phi) is 4.08. The van der Waals surface area contributed by atoms with Gasteiger partial charge in [0.2, 0.25) is 0 Å². The number of aryl methyl sites for hydroxylation is 1. The van der Waals surface area contributed by atoms with Crippen molar-refractivity contribution in [3.8, 4) is 16.9 Å². The molecule has 1 aromatic heterocycles. The van der Waals surface area contributed by atoms with Crippen LogP contribution in [0.1, 0.15) is 22.8 Å². The quantitative estimate of drug-likeness (QED) is 0.719. The molecule has 0 unspecified atom stereocenters. The largest absolute Gasteiger partial charge is 0.506 e. The van der Waals surface area contributed by atoms with E-state index >= 15 is 0 Å². The number of benzene rings is 2. The monoisotopic (exact) mass is 322 g/mol. The van der Waals surface area contributed by atoms with Crippen LogP contribution >= 0.6 is 0 Å². The van der Waals surface area contributed by atoms with Crippen molar-refractivity contribution >= 4 is 22.7 Å². The Morgan fingerprint density at radius 3 is 2.67 bits per heavy atom. The molecule has 3 aromatic rings. The average Bonchev–Trinajstić information content (AvgIpc) is 2.55. The van der Waals surface area contributed by atoms with Gasteiger partial charge in [-0.05, 0) is 31.0 Å². The molecule has 0 saturated heterocycles. The van der Waals surface area contributed by atoms with Crippen LogP contribution in [0.15, 0.2) is 42.5 Å². The lowest BCUT2D eigenvalue weighted by atomic mass is 9.92. The fourth-order valence-electron chi connectivity index (χ4n) is 2.83. The molecule has 2 aromatic carbocycles. The predicted octanol–water partition coefficient (Wildman–Crippen LogP) is 3.67. The molecule has 5 nitrogen and oxygen atoms in total. The number of carbonyl (C=O) groups is 1. The van der Waals surface area contributed by atoms with E-state index in [1.165, 1.54) is 0 Å². The number of hydrogen-bond donors (Lipinski definition) is 2. The third kappa shape index (κ3) is 2.54. The molecular formula is C19H18N2O3. The highest BCUT2D eigenvalue weighted by Crippen LogP contribution is 2.38. The van der Waals surface area contributed by atoms with Crippen molar-refractivity contribution in [1.82, 2.24) is 4.98 Å². The third-order valence-corrected chi connectivity index (χ3v) is 3.92. The van der Waals surface area contributed by atoms with Crippen LogP contribution in [0.25, 0.3) is 22.0 Å². The fraction of sp³-hybridized carbons (Fsp3) is 0.158. The zero-order valence-corrected chi connectivity index (χ0v) is 13.5. The second-order valence-corrected chi connectivity index (χ2v) is 5.46. The van der Waals surface area contributed by atoms with Crippen LogP contribution in [0.5, 0.6) is 5.75 Å². The molecule has 0 aliphatic carbocycles. The lowest BCUT2D eigenvalue weighted by Crippen LogP contribution is -2.12. The van der Waals surface area contributed by atoms with Crippen LogP contribution in [0, 0.1) is 6.92 Å². The van der Waals surface area contributed by atoms with E-state index in [1.807, 2.05) is 37.3 Å².